The SMILES string of the molecule is CC1CCC(NC(=O)C(C)(C)c2ccccc2)CN1. The van der Waals surface area contributed by atoms with Crippen molar-refractivity contribution in [1.29, 1.82) is 0 Å². The predicted molar refractivity (Wildman–Crippen MR) is 78.1 cm³/mol. The number of amides is 1. The Morgan fingerprint density at radius 2 is 1.95 bits per heavy atom. The number of piperidine rings is 1. The molecular formula is C16H24N2O. The molecule has 2 rings (SSSR count). The third-order valence-electron chi connectivity index (χ3n) is 4.06. The van der Waals surface area contributed by atoms with Crippen molar-refractivity contribution < 1.29 is 4.79 Å². The van der Waals surface area contributed by atoms with Crippen molar-refractivity contribution in [2.45, 2.75) is 51.1 Å². The van der Waals surface area contributed by atoms with Crippen LogP contribution in [0, 0.1) is 0 Å². The van der Waals surface area contributed by atoms with Gasteiger partial charge >= 0.3 is 0 Å². The molecule has 0 aliphatic carbocycles. The second-order valence-corrected chi connectivity index (χ2v) is 6.05. The minimum Gasteiger partial charge on any atom is -0.351 e. The van der Waals surface area contributed by atoms with Crippen LogP contribution in [0.1, 0.15) is 39.2 Å². The Labute approximate surface area is 115 Å². The molecular weight excluding hydrogens is 236 g/mol. The molecule has 1 amide bonds. The van der Waals surface area contributed by atoms with E-state index in [1.54, 1.807) is 0 Å². The van der Waals surface area contributed by atoms with Crippen LogP contribution < -0.4 is 10.6 Å². The predicted octanol–water partition coefficient (Wildman–Crippen LogP) is 2.22. The molecule has 19 heavy (non-hydrogen) atoms. The van der Waals surface area contributed by atoms with Crippen molar-refractivity contribution in [2.24, 2.45) is 0 Å². The lowest BCUT2D eigenvalue weighted by atomic mass is 9.83. The Morgan fingerprint density at radius 3 is 2.53 bits per heavy atom. The normalized spacial score (nSPS) is 23.9. The number of benzene rings is 1. The maximum atomic E-state index is 12.5. The van der Waals surface area contributed by atoms with Crippen molar-refractivity contribution in [1.82, 2.24) is 10.6 Å². The fraction of sp³-hybridized carbons (Fsp3) is 0.562. The molecule has 1 aromatic carbocycles. The fourth-order valence-corrected chi connectivity index (χ4v) is 2.47. The first-order chi connectivity index (χ1) is 9.00. The highest BCUT2D eigenvalue weighted by Gasteiger charge is 2.31. The Morgan fingerprint density at radius 1 is 1.26 bits per heavy atom. The van der Waals surface area contributed by atoms with Gasteiger partial charge in [0.05, 0.1) is 5.41 Å². The lowest BCUT2D eigenvalue weighted by molar-refractivity contribution is -0.126. The highest BCUT2D eigenvalue weighted by Crippen LogP contribution is 2.23. The van der Waals surface area contributed by atoms with E-state index in [4.69, 9.17) is 0 Å². The molecule has 1 saturated heterocycles. The zero-order valence-electron chi connectivity index (χ0n) is 12.1. The zero-order chi connectivity index (χ0) is 13.9. The molecule has 0 radical (unpaired) electrons. The van der Waals surface area contributed by atoms with E-state index in [-0.39, 0.29) is 11.9 Å². The average molecular weight is 260 g/mol. The van der Waals surface area contributed by atoms with E-state index in [2.05, 4.69) is 17.6 Å². The average Bonchev–Trinajstić information content (AvgIpc) is 2.42. The molecule has 2 atom stereocenters. The van der Waals surface area contributed by atoms with Crippen molar-refractivity contribution in [3.05, 3.63) is 35.9 Å². The van der Waals surface area contributed by atoms with Gasteiger partial charge in [0.2, 0.25) is 5.91 Å². The smallest absolute Gasteiger partial charge is 0.230 e. The summed E-state index contributed by atoms with van der Waals surface area (Å²) in [7, 11) is 0. The summed E-state index contributed by atoms with van der Waals surface area (Å²) in [5.74, 6) is 0.111. The summed E-state index contributed by atoms with van der Waals surface area (Å²) < 4.78 is 0. The van der Waals surface area contributed by atoms with Gasteiger partial charge in [-0.1, -0.05) is 30.3 Å². The van der Waals surface area contributed by atoms with Gasteiger partial charge in [-0.05, 0) is 39.2 Å². The highest BCUT2D eigenvalue weighted by atomic mass is 16.2. The molecule has 0 aromatic heterocycles. The van der Waals surface area contributed by atoms with Gasteiger partial charge in [-0.2, -0.15) is 0 Å². The van der Waals surface area contributed by atoms with Crippen LogP contribution in [0.25, 0.3) is 0 Å². The van der Waals surface area contributed by atoms with E-state index in [1.807, 2.05) is 44.2 Å². The quantitative estimate of drug-likeness (QED) is 0.875. The highest BCUT2D eigenvalue weighted by molar-refractivity contribution is 5.87. The first-order valence-electron chi connectivity index (χ1n) is 7.10. The van der Waals surface area contributed by atoms with Crippen molar-refractivity contribution >= 4 is 5.91 Å². The van der Waals surface area contributed by atoms with E-state index < -0.39 is 5.41 Å². The molecule has 1 heterocycles. The first-order valence-corrected chi connectivity index (χ1v) is 7.10. The Balaban J connectivity index is 1.99. The first kappa shape index (κ1) is 14.1. The number of rotatable bonds is 3. The number of nitrogens with one attached hydrogen (secondary N) is 2. The molecule has 1 aliphatic rings. The van der Waals surface area contributed by atoms with Gasteiger partial charge in [0.25, 0.3) is 0 Å². The van der Waals surface area contributed by atoms with Crippen molar-refractivity contribution in [2.75, 3.05) is 6.54 Å². The lowest BCUT2D eigenvalue weighted by Gasteiger charge is -2.32. The Hall–Kier alpha value is -1.35. The molecule has 0 bridgehead atoms. The molecule has 1 aromatic rings. The van der Waals surface area contributed by atoms with Crippen LogP contribution in [-0.2, 0) is 10.2 Å². The Bertz CT molecular complexity index is 420. The van der Waals surface area contributed by atoms with Crippen molar-refractivity contribution in [3.63, 3.8) is 0 Å². The molecule has 3 nitrogen and oxygen atoms in total. The van der Waals surface area contributed by atoms with Crippen LogP contribution in [0.5, 0.6) is 0 Å². The van der Waals surface area contributed by atoms with E-state index in [0.29, 0.717) is 6.04 Å². The summed E-state index contributed by atoms with van der Waals surface area (Å²) in [5, 5.41) is 6.59. The standard InChI is InChI=1S/C16H24N2O/c1-12-9-10-14(11-17-12)18-15(19)16(2,3)13-7-5-4-6-8-13/h4-8,12,14,17H,9-11H2,1-3H3,(H,18,19). The largest absolute Gasteiger partial charge is 0.351 e. The summed E-state index contributed by atoms with van der Waals surface area (Å²) in [4.78, 5) is 12.5. The number of hydrogen-bond acceptors (Lipinski definition) is 2. The monoisotopic (exact) mass is 260 g/mol. The van der Waals surface area contributed by atoms with Crippen LogP contribution in [0.3, 0.4) is 0 Å². The third-order valence-corrected chi connectivity index (χ3v) is 4.06. The molecule has 1 aliphatic heterocycles. The van der Waals surface area contributed by atoms with Gasteiger partial charge in [0.1, 0.15) is 0 Å². The van der Waals surface area contributed by atoms with E-state index in [9.17, 15) is 4.79 Å². The lowest BCUT2D eigenvalue weighted by Crippen LogP contribution is -2.52. The minimum atomic E-state index is -0.482. The fourth-order valence-electron chi connectivity index (χ4n) is 2.47. The van der Waals surface area contributed by atoms with Crippen LogP contribution in [0.15, 0.2) is 30.3 Å². The number of hydrogen-bond donors (Lipinski definition) is 2. The summed E-state index contributed by atoms with van der Waals surface area (Å²) in [6.07, 6.45) is 2.18. The number of carbonyl (C=O) groups excluding carboxylic acids is 1. The maximum Gasteiger partial charge on any atom is 0.230 e. The van der Waals surface area contributed by atoms with Gasteiger partial charge in [-0.25, -0.2) is 0 Å². The van der Waals surface area contributed by atoms with Crippen LogP contribution >= 0.6 is 0 Å². The molecule has 0 saturated carbocycles. The third kappa shape index (κ3) is 3.35. The van der Waals surface area contributed by atoms with Gasteiger partial charge in [-0.15, -0.1) is 0 Å². The summed E-state index contributed by atoms with van der Waals surface area (Å²) in [5.41, 5.74) is 0.578. The second-order valence-electron chi connectivity index (χ2n) is 6.05. The van der Waals surface area contributed by atoms with Crippen LogP contribution in [-0.4, -0.2) is 24.5 Å². The molecule has 1 fully saturated rings. The zero-order valence-corrected chi connectivity index (χ0v) is 12.1. The van der Waals surface area contributed by atoms with Gasteiger partial charge in [-0.3, -0.25) is 4.79 Å². The van der Waals surface area contributed by atoms with Crippen LogP contribution in [0.4, 0.5) is 0 Å². The Kier molecular flexibility index (Phi) is 4.25. The maximum absolute atomic E-state index is 12.5. The molecule has 2 unspecified atom stereocenters. The van der Waals surface area contributed by atoms with Gasteiger partial charge in [0, 0.05) is 18.6 Å². The minimum absolute atomic E-state index is 0.111. The second kappa shape index (κ2) is 5.74. The summed E-state index contributed by atoms with van der Waals surface area (Å²) in [6.45, 7) is 7.02. The molecule has 2 N–H and O–H groups in total. The topological polar surface area (TPSA) is 41.1 Å². The number of carbonyl (C=O) groups is 1. The van der Waals surface area contributed by atoms with Gasteiger partial charge < -0.3 is 10.6 Å². The summed E-state index contributed by atoms with van der Waals surface area (Å²) >= 11 is 0. The van der Waals surface area contributed by atoms with Crippen LogP contribution in [0.2, 0.25) is 0 Å². The molecule has 3 heteroatoms. The molecule has 0 spiro atoms. The van der Waals surface area contributed by atoms with E-state index in [0.717, 1.165) is 24.9 Å². The van der Waals surface area contributed by atoms with Gasteiger partial charge in [0.15, 0.2) is 0 Å². The van der Waals surface area contributed by atoms with E-state index >= 15 is 0 Å². The molecule has 104 valence electrons. The summed E-state index contributed by atoms with van der Waals surface area (Å²) in [6, 6.07) is 10.8. The van der Waals surface area contributed by atoms with Crippen molar-refractivity contribution in [3.8, 4) is 0 Å². The van der Waals surface area contributed by atoms with E-state index in [1.165, 1.54) is 0 Å².